The van der Waals surface area contributed by atoms with Gasteiger partial charge in [-0.2, -0.15) is 0 Å². The summed E-state index contributed by atoms with van der Waals surface area (Å²) in [5.74, 6) is -0.966. The number of carbonyl (C=O) groups is 2. The minimum absolute atomic E-state index is 0.00150. The smallest absolute Gasteiger partial charge is 0.303 e. The molecule has 8 nitrogen and oxygen atoms in total. The van der Waals surface area contributed by atoms with Crippen molar-refractivity contribution in [2.24, 2.45) is 5.92 Å². The molecule has 5 rings (SSSR count). The summed E-state index contributed by atoms with van der Waals surface area (Å²) in [6, 6.07) is 34.6. The third-order valence-electron chi connectivity index (χ3n) is 8.64. The summed E-state index contributed by atoms with van der Waals surface area (Å²) in [4.78, 5) is 25.1. The molecule has 8 heteroatoms. The van der Waals surface area contributed by atoms with E-state index >= 15 is 0 Å². The Morgan fingerprint density at radius 3 is 2.19 bits per heavy atom. The number of hydrogen-bond donors (Lipinski definition) is 3. The van der Waals surface area contributed by atoms with Crippen LogP contribution in [0.4, 0.5) is 0 Å². The minimum atomic E-state index is -0.896. The monoisotopic (exact) mass is 636 g/mol. The molecule has 0 spiro atoms. The van der Waals surface area contributed by atoms with Gasteiger partial charge in [0.1, 0.15) is 0 Å². The van der Waals surface area contributed by atoms with Crippen LogP contribution in [0.5, 0.6) is 0 Å². The Morgan fingerprint density at radius 1 is 0.787 bits per heavy atom. The number of likely N-dealkylation sites (N-methyl/N-ethyl adjacent to an activating group) is 1. The second-order valence-electron chi connectivity index (χ2n) is 12.4. The van der Waals surface area contributed by atoms with Crippen LogP contribution in [-0.2, 0) is 38.8 Å². The molecule has 1 fully saturated rings. The lowest BCUT2D eigenvalue weighted by Gasteiger charge is -2.42. The van der Waals surface area contributed by atoms with Crippen LogP contribution >= 0.6 is 0 Å². The fourth-order valence-electron chi connectivity index (χ4n) is 5.98. The van der Waals surface area contributed by atoms with E-state index in [-0.39, 0.29) is 43.5 Å². The van der Waals surface area contributed by atoms with Gasteiger partial charge < -0.3 is 25.0 Å². The lowest BCUT2D eigenvalue weighted by molar-refractivity contribution is -0.276. The molecule has 3 N–H and O–H groups in total. The normalized spacial score (nSPS) is 19.4. The van der Waals surface area contributed by atoms with Gasteiger partial charge >= 0.3 is 5.97 Å². The number of nitrogens with zero attached hydrogens (tertiary/aromatic N) is 1. The van der Waals surface area contributed by atoms with E-state index in [0.717, 1.165) is 46.5 Å². The average molecular weight is 637 g/mol. The summed E-state index contributed by atoms with van der Waals surface area (Å²) in [5.41, 5.74) is 7.11. The van der Waals surface area contributed by atoms with Crippen LogP contribution in [0.25, 0.3) is 11.1 Å². The zero-order valence-electron chi connectivity index (χ0n) is 27.0. The van der Waals surface area contributed by atoms with E-state index in [9.17, 15) is 14.7 Å². The predicted molar refractivity (Wildman–Crippen MR) is 181 cm³/mol. The first kappa shape index (κ1) is 34.0. The van der Waals surface area contributed by atoms with Crippen LogP contribution in [0.15, 0.2) is 103 Å². The van der Waals surface area contributed by atoms with Gasteiger partial charge in [0, 0.05) is 44.0 Å². The lowest BCUT2D eigenvalue weighted by Crippen LogP contribution is -2.43. The number of carboxylic acid groups (broad SMARTS) is 1. The Labute approximate surface area is 277 Å². The number of hydrogen-bond acceptors (Lipinski definition) is 6. The molecule has 0 radical (unpaired) electrons. The predicted octanol–water partition coefficient (Wildman–Crippen LogP) is 6.64. The minimum Gasteiger partial charge on any atom is -0.481 e. The van der Waals surface area contributed by atoms with Crippen LogP contribution in [0.2, 0.25) is 0 Å². The van der Waals surface area contributed by atoms with Crippen molar-refractivity contribution in [3.8, 4) is 11.1 Å². The first-order valence-electron chi connectivity index (χ1n) is 16.2. The van der Waals surface area contributed by atoms with E-state index in [1.54, 1.807) is 0 Å². The number of aliphatic carboxylic acids is 1. The second-order valence-corrected chi connectivity index (χ2v) is 12.4. The van der Waals surface area contributed by atoms with Crippen molar-refractivity contribution < 1.29 is 29.3 Å². The first-order chi connectivity index (χ1) is 22.8. The van der Waals surface area contributed by atoms with Gasteiger partial charge in [-0.15, -0.1) is 0 Å². The van der Waals surface area contributed by atoms with Crippen molar-refractivity contribution in [3.05, 3.63) is 131 Å². The lowest BCUT2D eigenvalue weighted by atomic mass is 9.90. The number of aliphatic hydroxyl groups excluding tert-OH is 1. The van der Waals surface area contributed by atoms with Crippen molar-refractivity contribution in [2.75, 3.05) is 13.6 Å². The highest BCUT2D eigenvalue weighted by Crippen LogP contribution is 2.42. The van der Waals surface area contributed by atoms with E-state index in [2.05, 4.69) is 60.6 Å². The highest BCUT2D eigenvalue weighted by atomic mass is 16.7. The third kappa shape index (κ3) is 9.59. The zero-order chi connectivity index (χ0) is 33.2. The fraction of sp³-hybridized carbons (Fsp3) is 0.333. The molecular weight excluding hydrogens is 592 g/mol. The molecule has 1 heterocycles. The number of carbonyl (C=O) groups excluding carboxylic acids is 1. The molecule has 47 heavy (non-hydrogen) atoms. The summed E-state index contributed by atoms with van der Waals surface area (Å²) in [6.45, 7) is 4.11. The summed E-state index contributed by atoms with van der Waals surface area (Å²) >= 11 is 0. The summed E-state index contributed by atoms with van der Waals surface area (Å²) in [7, 11) is 2.12. The molecule has 1 amide bonds. The summed E-state index contributed by atoms with van der Waals surface area (Å²) < 4.78 is 13.3. The number of rotatable bonds is 14. The third-order valence-corrected chi connectivity index (χ3v) is 8.64. The molecule has 246 valence electrons. The van der Waals surface area contributed by atoms with E-state index in [0.29, 0.717) is 13.0 Å². The highest BCUT2D eigenvalue weighted by molar-refractivity contribution is 5.76. The van der Waals surface area contributed by atoms with Gasteiger partial charge in [0.2, 0.25) is 5.91 Å². The molecule has 0 saturated carbocycles. The van der Waals surface area contributed by atoms with Gasteiger partial charge in [-0.25, -0.2) is 0 Å². The standard InChI is InChI=1S/C39H44N2O6/c1-27-35(25-41(2)24-28-8-4-3-5-9-28)46-39(47-38(27)32-16-14-29(26-42)15-17-32)33-20-18-31(19-21-33)34-11-6-10-30(22-34)23-40-36(43)12-7-13-37(44)45/h3-6,8-11,14-22,27,35,38-39,42H,7,12-13,23-26H2,1-2H3,(H,40,43)(H,44,45)/t27-,35+,38+,39+/m1/s1. The van der Waals surface area contributed by atoms with E-state index < -0.39 is 12.3 Å². The average Bonchev–Trinajstić information content (AvgIpc) is 3.09. The second kappa shape index (κ2) is 16.5. The number of carboxylic acids is 1. The largest absolute Gasteiger partial charge is 0.481 e. The first-order valence-corrected chi connectivity index (χ1v) is 16.2. The van der Waals surface area contributed by atoms with Crippen molar-refractivity contribution >= 4 is 11.9 Å². The van der Waals surface area contributed by atoms with Crippen LogP contribution in [-0.4, -0.2) is 46.7 Å². The Kier molecular flexibility index (Phi) is 11.9. The molecule has 4 aromatic rings. The number of amides is 1. The van der Waals surface area contributed by atoms with E-state index in [1.807, 2.05) is 66.7 Å². The Hall–Kier alpha value is -4.34. The molecule has 4 atom stereocenters. The quantitative estimate of drug-likeness (QED) is 0.142. The SMILES string of the molecule is C[C@@H]1[C@H](CN(C)Cc2ccccc2)O[C@H](c2ccc(-c3cccc(CNC(=O)CCCC(=O)O)c3)cc2)O[C@@H]1c1ccc(CO)cc1. The molecule has 0 aliphatic carbocycles. The van der Waals surface area contributed by atoms with Gasteiger partial charge in [-0.3, -0.25) is 14.5 Å². The number of aliphatic hydroxyl groups is 1. The Morgan fingerprint density at radius 2 is 1.49 bits per heavy atom. The van der Waals surface area contributed by atoms with Crippen molar-refractivity contribution in [3.63, 3.8) is 0 Å². The van der Waals surface area contributed by atoms with Crippen LogP contribution < -0.4 is 5.32 Å². The molecule has 0 bridgehead atoms. The van der Waals surface area contributed by atoms with Gasteiger partial charge in [-0.05, 0) is 52.9 Å². The van der Waals surface area contributed by atoms with E-state index in [1.165, 1.54) is 5.56 Å². The Balaban J connectivity index is 1.29. The topological polar surface area (TPSA) is 108 Å². The van der Waals surface area contributed by atoms with Crippen LogP contribution in [0, 0.1) is 5.92 Å². The molecule has 4 aromatic carbocycles. The Bertz CT molecular complexity index is 1590. The van der Waals surface area contributed by atoms with Crippen molar-refractivity contribution in [1.29, 1.82) is 0 Å². The molecule has 1 aliphatic heterocycles. The van der Waals surface area contributed by atoms with Gasteiger partial charge in [0.05, 0.1) is 18.8 Å². The number of nitrogens with one attached hydrogen (secondary N) is 1. The fourth-order valence-corrected chi connectivity index (χ4v) is 5.98. The highest BCUT2D eigenvalue weighted by Gasteiger charge is 2.38. The number of ether oxygens (including phenoxy) is 2. The van der Waals surface area contributed by atoms with E-state index in [4.69, 9.17) is 14.6 Å². The van der Waals surface area contributed by atoms with Gasteiger partial charge in [0.25, 0.3) is 0 Å². The molecule has 0 unspecified atom stereocenters. The van der Waals surface area contributed by atoms with Gasteiger partial charge in [-0.1, -0.05) is 104 Å². The van der Waals surface area contributed by atoms with Gasteiger partial charge in [0.15, 0.2) is 6.29 Å². The maximum Gasteiger partial charge on any atom is 0.303 e. The van der Waals surface area contributed by atoms with Crippen molar-refractivity contribution in [1.82, 2.24) is 10.2 Å². The zero-order valence-corrected chi connectivity index (χ0v) is 27.0. The maximum atomic E-state index is 12.1. The van der Waals surface area contributed by atoms with Crippen LogP contribution in [0.3, 0.4) is 0 Å². The number of benzene rings is 4. The summed E-state index contributed by atoms with van der Waals surface area (Å²) in [5, 5.41) is 21.2. The molecular formula is C39H44N2O6. The van der Waals surface area contributed by atoms with Crippen molar-refractivity contribution in [2.45, 2.75) is 64.4 Å². The van der Waals surface area contributed by atoms with Crippen LogP contribution in [0.1, 0.15) is 66.4 Å². The molecule has 1 aliphatic rings. The summed E-state index contributed by atoms with van der Waals surface area (Å²) in [6.07, 6.45) is -0.327. The molecule has 1 saturated heterocycles. The molecule has 0 aromatic heterocycles. The maximum absolute atomic E-state index is 12.1.